The molecule has 0 aromatic heterocycles. The molecule has 0 bridgehead atoms. The van der Waals surface area contributed by atoms with Gasteiger partial charge >= 0.3 is 6.18 Å². The van der Waals surface area contributed by atoms with E-state index in [0.717, 1.165) is 6.42 Å². The quantitative estimate of drug-likeness (QED) is 0.789. The molecule has 0 heterocycles. The van der Waals surface area contributed by atoms with E-state index in [0.29, 0.717) is 13.0 Å². The van der Waals surface area contributed by atoms with Crippen molar-refractivity contribution in [3.63, 3.8) is 0 Å². The Morgan fingerprint density at radius 2 is 1.76 bits per heavy atom. The van der Waals surface area contributed by atoms with Gasteiger partial charge in [0.25, 0.3) is 0 Å². The van der Waals surface area contributed by atoms with Gasteiger partial charge in [0, 0.05) is 6.04 Å². The topological polar surface area (TPSA) is 38.0 Å². The van der Waals surface area contributed by atoms with E-state index in [9.17, 15) is 13.2 Å². The molecule has 0 spiro atoms. The Morgan fingerprint density at radius 1 is 1.24 bits per heavy atom. The second-order valence-electron chi connectivity index (χ2n) is 6.32. The number of nitrogens with one attached hydrogen (secondary N) is 1. The summed E-state index contributed by atoms with van der Waals surface area (Å²) < 4.78 is 37.8. The van der Waals surface area contributed by atoms with Gasteiger partial charge in [-0.1, -0.05) is 20.8 Å². The predicted molar refractivity (Wildman–Crippen MR) is 62.7 cm³/mol. The maximum atomic E-state index is 12.6. The molecule has 2 nitrogen and oxygen atoms in total. The predicted octanol–water partition coefficient (Wildman–Crippen LogP) is 2.82. The monoisotopic (exact) mass is 252 g/mol. The third kappa shape index (κ3) is 4.47. The molecule has 1 atom stereocenters. The van der Waals surface area contributed by atoms with Gasteiger partial charge in [-0.15, -0.1) is 0 Å². The third-order valence-corrected chi connectivity index (χ3v) is 3.15. The van der Waals surface area contributed by atoms with Gasteiger partial charge in [0.1, 0.15) is 5.54 Å². The third-order valence-electron chi connectivity index (χ3n) is 3.15. The maximum Gasteiger partial charge on any atom is 0.406 e. The Labute approximate surface area is 101 Å². The van der Waals surface area contributed by atoms with Crippen molar-refractivity contribution in [2.75, 3.05) is 6.54 Å². The highest BCUT2D eigenvalue weighted by molar-refractivity contribution is 5.07. The minimum Gasteiger partial charge on any atom is -0.328 e. The summed E-state index contributed by atoms with van der Waals surface area (Å²) in [6.07, 6.45) is -2.31. The van der Waals surface area contributed by atoms with Crippen molar-refractivity contribution in [3.05, 3.63) is 0 Å². The first-order chi connectivity index (χ1) is 7.56. The highest BCUT2D eigenvalue weighted by Gasteiger charge is 2.62. The molecule has 0 aromatic carbocycles. The van der Waals surface area contributed by atoms with Crippen molar-refractivity contribution < 1.29 is 13.2 Å². The molecule has 1 aliphatic rings. The summed E-state index contributed by atoms with van der Waals surface area (Å²) in [7, 11) is 0. The Balaban J connectivity index is 2.25. The molecule has 0 aromatic rings. The average Bonchev–Trinajstić information content (AvgIpc) is 2.79. The zero-order chi connectivity index (χ0) is 13.3. The van der Waals surface area contributed by atoms with E-state index in [1.54, 1.807) is 0 Å². The molecule has 0 aliphatic heterocycles. The molecule has 5 heteroatoms. The molecular weight excluding hydrogens is 229 g/mol. The number of nitrogens with two attached hydrogens (primary N) is 1. The fraction of sp³-hybridized carbons (Fsp3) is 1.00. The summed E-state index contributed by atoms with van der Waals surface area (Å²) in [5, 5.41) is 2.62. The molecule has 1 aliphatic carbocycles. The van der Waals surface area contributed by atoms with Crippen LogP contribution in [0.4, 0.5) is 13.2 Å². The van der Waals surface area contributed by atoms with Crippen molar-refractivity contribution in [3.8, 4) is 0 Å². The molecule has 17 heavy (non-hydrogen) atoms. The zero-order valence-electron chi connectivity index (χ0n) is 10.8. The summed E-state index contributed by atoms with van der Waals surface area (Å²) in [6, 6.07) is -0.0356. The highest BCUT2D eigenvalue weighted by atomic mass is 19.4. The molecule has 102 valence electrons. The number of hydrogen-bond donors (Lipinski definition) is 2. The van der Waals surface area contributed by atoms with E-state index >= 15 is 0 Å². The van der Waals surface area contributed by atoms with Crippen LogP contribution in [0.15, 0.2) is 0 Å². The number of rotatable bonds is 5. The van der Waals surface area contributed by atoms with Crippen LogP contribution in [0.5, 0.6) is 0 Å². The maximum absolute atomic E-state index is 12.6. The van der Waals surface area contributed by atoms with Crippen molar-refractivity contribution >= 4 is 0 Å². The lowest BCUT2D eigenvalue weighted by Gasteiger charge is -2.25. The summed E-state index contributed by atoms with van der Waals surface area (Å²) in [4.78, 5) is 0. The summed E-state index contributed by atoms with van der Waals surface area (Å²) in [6.45, 7) is 6.59. The van der Waals surface area contributed by atoms with Gasteiger partial charge in [-0.05, 0) is 37.6 Å². The van der Waals surface area contributed by atoms with Gasteiger partial charge in [-0.2, -0.15) is 13.2 Å². The summed E-state index contributed by atoms with van der Waals surface area (Å²) in [5.74, 6) is 0. The summed E-state index contributed by atoms with van der Waals surface area (Å²) in [5.41, 5.74) is 4.42. The van der Waals surface area contributed by atoms with Gasteiger partial charge in [0.2, 0.25) is 0 Å². The van der Waals surface area contributed by atoms with Crippen LogP contribution in [-0.2, 0) is 0 Å². The van der Waals surface area contributed by atoms with Crippen LogP contribution >= 0.6 is 0 Å². The molecular formula is C12H23F3N2. The number of hydrogen-bond acceptors (Lipinski definition) is 2. The van der Waals surface area contributed by atoms with Gasteiger partial charge in [0.05, 0.1) is 0 Å². The first-order valence-corrected chi connectivity index (χ1v) is 6.13. The summed E-state index contributed by atoms with van der Waals surface area (Å²) >= 11 is 0. The van der Waals surface area contributed by atoms with E-state index in [-0.39, 0.29) is 24.3 Å². The molecule has 0 radical (unpaired) electrons. The van der Waals surface area contributed by atoms with Crippen molar-refractivity contribution in [1.29, 1.82) is 0 Å². The Morgan fingerprint density at radius 3 is 2.12 bits per heavy atom. The van der Waals surface area contributed by atoms with Crippen LogP contribution in [0.3, 0.4) is 0 Å². The standard InChI is InChI=1S/C12H23F3N2/c1-10(2,3)8-9(16)4-7-17-11(5-6-11)12(13,14)15/h9,17H,4-8,16H2,1-3H3. The van der Waals surface area contributed by atoms with E-state index in [4.69, 9.17) is 5.73 Å². The minimum atomic E-state index is -4.12. The lowest BCUT2D eigenvalue weighted by atomic mass is 9.87. The molecule has 0 amide bonds. The molecule has 1 unspecified atom stereocenters. The van der Waals surface area contributed by atoms with Gasteiger partial charge in [0.15, 0.2) is 0 Å². The lowest BCUT2D eigenvalue weighted by Crippen LogP contribution is -2.46. The van der Waals surface area contributed by atoms with Crippen molar-refractivity contribution in [2.45, 2.75) is 64.2 Å². The van der Waals surface area contributed by atoms with Crippen molar-refractivity contribution in [2.24, 2.45) is 11.1 Å². The number of halogens is 3. The molecule has 1 fully saturated rings. The van der Waals surface area contributed by atoms with Crippen LogP contribution < -0.4 is 11.1 Å². The van der Waals surface area contributed by atoms with Gasteiger partial charge in [-0.25, -0.2) is 0 Å². The van der Waals surface area contributed by atoms with E-state index in [2.05, 4.69) is 26.1 Å². The Kier molecular flexibility index (Phi) is 4.14. The van der Waals surface area contributed by atoms with E-state index < -0.39 is 11.7 Å². The smallest absolute Gasteiger partial charge is 0.328 e. The van der Waals surface area contributed by atoms with Crippen LogP contribution in [0, 0.1) is 5.41 Å². The van der Waals surface area contributed by atoms with Crippen LogP contribution in [0.25, 0.3) is 0 Å². The largest absolute Gasteiger partial charge is 0.406 e. The number of alkyl halides is 3. The van der Waals surface area contributed by atoms with E-state index in [1.165, 1.54) is 0 Å². The van der Waals surface area contributed by atoms with Crippen LogP contribution in [0.2, 0.25) is 0 Å². The fourth-order valence-electron chi connectivity index (χ4n) is 2.07. The second-order valence-corrected chi connectivity index (χ2v) is 6.32. The average molecular weight is 252 g/mol. The zero-order valence-corrected chi connectivity index (χ0v) is 10.8. The lowest BCUT2D eigenvalue weighted by molar-refractivity contribution is -0.165. The molecule has 3 N–H and O–H groups in total. The van der Waals surface area contributed by atoms with Crippen LogP contribution in [0.1, 0.15) is 46.5 Å². The first kappa shape index (κ1) is 14.8. The normalized spacial score (nSPS) is 21.4. The SMILES string of the molecule is CC(C)(C)CC(N)CCNC1(C(F)(F)F)CC1. The molecule has 1 saturated carbocycles. The fourth-order valence-corrected chi connectivity index (χ4v) is 2.07. The second kappa shape index (κ2) is 4.76. The van der Waals surface area contributed by atoms with Crippen LogP contribution in [-0.4, -0.2) is 24.3 Å². The Hall–Kier alpha value is -0.290. The van der Waals surface area contributed by atoms with Gasteiger partial charge < -0.3 is 11.1 Å². The minimum absolute atomic E-state index is 0.0356. The first-order valence-electron chi connectivity index (χ1n) is 6.13. The molecule has 1 rings (SSSR count). The highest BCUT2D eigenvalue weighted by Crippen LogP contribution is 2.48. The Bertz CT molecular complexity index is 251. The van der Waals surface area contributed by atoms with Crippen molar-refractivity contribution in [1.82, 2.24) is 5.32 Å². The molecule has 0 saturated heterocycles. The van der Waals surface area contributed by atoms with E-state index in [1.807, 2.05) is 0 Å². The van der Waals surface area contributed by atoms with Gasteiger partial charge in [-0.3, -0.25) is 0 Å².